The van der Waals surface area contributed by atoms with Gasteiger partial charge in [-0.1, -0.05) is 24.3 Å². The Balaban J connectivity index is 1.36. The van der Waals surface area contributed by atoms with Crippen LogP contribution in [0.3, 0.4) is 0 Å². The Labute approximate surface area is 191 Å². The maximum atomic E-state index is 5.98. The topological polar surface area (TPSA) is 58.6 Å². The van der Waals surface area contributed by atoms with Gasteiger partial charge in [-0.25, -0.2) is 4.99 Å². The summed E-state index contributed by atoms with van der Waals surface area (Å²) in [5.41, 5.74) is 1.15. The van der Waals surface area contributed by atoms with Crippen molar-refractivity contribution in [2.24, 2.45) is 4.99 Å². The van der Waals surface area contributed by atoms with E-state index in [9.17, 15) is 0 Å². The molecule has 2 aliphatic heterocycles. The maximum Gasteiger partial charge on any atom is 0.194 e. The molecule has 1 atom stereocenters. The van der Waals surface area contributed by atoms with E-state index in [-0.39, 0.29) is 0 Å². The number of benzene rings is 2. The second-order valence-corrected chi connectivity index (χ2v) is 8.10. The van der Waals surface area contributed by atoms with E-state index in [4.69, 9.17) is 19.2 Å². The lowest BCUT2D eigenvalue weighted by Gasteiger charge is -2.32. The minimum atomic E-state index is 0.592. The van der Waals surface area contributed by atoms with E-state index in [2.05, 4.69) is 34.2 Å². The van der Waals surface area contributed by atoms with E-state index >= 15 is 0 Å². The molecule has 32 heavy (non-hydrogen) atoms. The van der Waals surface area contributed by atoms with Crippen LogP contribution >= 0.6 is 0 Å². The highest BCUT2D eigenvalue weighted by molar-refractivity contribution is 5.80. The quantitative estimate of drug-likeness (QED) is 0.529. The fourth-order valence-corrected chi connectivity index (χ4v) is 4.26. The number of nitrogens with one attached hydrogen (secondary N) is 1. The first-order valence-corrected chi connectivity index (χ1v) is 11.5. The number of hydrogen-bond donors (Lipinski definition) is 1. The zero-order chi connectivity index (χ0) is 22.2. The Hall–Kier alpha value is -2.77. The molecule has 0 radical (unpaired) electrons. The van der Waals surface area contributed by atoms with Crippen LogP contribution in [-0.2, 0) is 11.3 Å². The summed E-state index contributed by atoms with van der Waals surface area (Å²) in [7, 11) is 1.65. The van der Waals surface area contributed by atoms with E-state index < -0.39 is 0 Å². The van der Waals surface area contributed by atoms with Gasteiger partial charge in [0.25, 0.3) is 0 Å². The predicted molar refractivity (Wildman–Crippen MR) is 127 cm³/mol. The molecule has 0 bridgehead atoms. The van der Waals surface area contributed by atoms with Crippen LogP contribution in [0.15, 0.2) is 53.5 Å². The summed E-state index contributed by atoms with van der Waals surface area (Å²) in [5, 5.41) is 3.47. The molecule has 4 rings (SSSR count). The number of para-hydroxylation sites is 2. The lowest BCUT2D eigenvalue weighted by atomic mass is 10.2. The molecule has 0 aromatic heterocycles. The van der Waals surface area contributed by atoms with Crippen LogP contribution in [0.2, 0.25) is 0 Å². The average molecular weight is 439 g/mol. The van der Waals surface area contributed by atoms with Crippen molar-refractivity contribution >= 4 is 5.96 Å². The number of ether oxygens (including phenoxy) is 3. The molecular weight excluding hydrogens is 404 g/mol. The Bertz CT molecular complexity index is 881. The largest absolute Gasteiger partial charge is 0.493 e. The number of nitrogens with zero attached hydrogens (tertiary/aromatic N) is 3. The van der Waals surface area contributed by atoms with Crippen LogP contribution in [0, 0.1) is 0 Å². The molecular formula is C25H34N4O3. The zero-order valence-corrected chi connectivity index (χ0v) is 19.1. The van der Waals surface area contributed by atoms with Crippen LogP contribution < -0.4 is 14.8 Å². The van der Waals surface area contributed by atoms with Crippen LogP contribution in [0.25, 0.3) is 0 Å². The SMILES string of the molecule is CCNC(=NCc1ccc(Oc2ccccc2OC)cc1)N1CCC(N2CCOCC2)C1. The maximum absolute atomic E-state index is 5.98. The van der Waals surface area contributed by atoms with Gasteiger partial charge in [-0.05, 0) is 43.2 Å². The average Bonchev–Trinajstić information content (AvgIpc) is 3.34. The fraction of sp³-hybridized carbons (Fsp3) is 0.480. The summed E-state index contributed by atoms with van der Waals surface area (Å²) in [6, 6.07) is 16.3. The van der Waals surface area contributed by atoms with Gasteiger partial charge in [0.15, 0.2) is 17.5 Å². The van der Waals surface area contributed by atoms with Crippen molar-refractivity contribution in [1.29, 1.82) is 0 Å². The molecule has 172 valence electrons. The predicted octanol–water partition coefficient (Wildman–Crippen LogP) is 3.36. The lowest BCUT2D eigenvalue weighted by molar-refractivity contribution is 0.0195. The van der Waals surface area contributed by atoms with E-state index in [1.54, 1.807) is 7.11 Å². The van der Waals surface area contributed by atoms with E-state index in [0.29, 0.717) is 18.3 Å². The Morgan fingerprint density at radius 2 is 1.81 bits per heavy atom. The van der Waals surface area contributed by atoms with E-state index in [0.717, 1.165) is 69.0 Å². The minimum absolute atomic E-state index is 0.592. The van der Waals surface area contributed by atoms with Gasteiger partial charge in [0.05, 0.1) is 26.9 Å². The number of likely N-dealkylation sites (tertiary alicyclic amines) is 1. The second-order valence-electron chi connectivity index (χ2n) is 8.10. The monoisotopic (exact) mass is 438 g/mol. The third-order valence-electron chi connectivity index (χ3n) is 5.99. The van der Waals surface area contributed by atoms with Crippen molar-refractivity contribution in [3.8, 4) is 17.2 Å². The summed E-state index contributed by atoms with van der Waals surface area (Å²) in [5.74, 6) is 3.20. The molecule has 0 aliphatic carbocycles. The number of methoxy groups -OCH3 is 1. The summed E-state index contributed by atoms with van der Waals surface area (Å²) in [4.78, 5) is 9.87. The van der Waals surface area contributed by atoms with E-state index in [1.165, 1.54) is 6.42 Å². The van der Waals surface area contributed by atoms with Gasteiger partial charge in [-0.3, -0.25) is 4.90 Å². The van der Waals surface area contributed by atoms with Crippen LogP contribution in [0.4, 0.5) is 0 Å². The van der Waals surface area contributed by atoms with Crippen molar-refractivity contribution in [2.75, 3.05) is 53.0 Å². The summed E-state index contributed by atoms with van der Waals surface area (Å²) in [6.07, 6.45) is 1.18. The lowest BCUT2D eigenvalue weighted by Crippen LogP contribution is -2.46. The first-order chi connectivity index (χ1) is 15.8. The Kier molecular flexibility index (Phi) is 7.85. The number of rotatable bonds is 7. The standard InChI is InChI=1S/C25H34N4O3/c1-3-26-25(29-13-12-21(19-29)28-14-16-31-17-15-28)27-18-20-8-10-22(11-9-20)32-24-7-5-4-6-23(24)30-2/h4-11,21H,3,12-19H2,1-2H3,(H,26,27). The van der Waals surface area contributed by atoms with Gasteiger partial charge in [0.2, 0.25) is 0 Å². The van der Waals surface area contributed by atoms with Crippen molar-refractivity contribution in [1.82, 2.24) is 15.1 Å². The highest BCUT2D eigenvalue weighted by atomic mass is 16.5. The Morgan fingerprint density at radius 3 is 2.53 bits per heavy atom. The molecule has 0 saturated carbocycles. The highest BCUT2D eigenvalue weighted by Gasteiger charge is 2.30. The van der Waals surface area contributed by atoms with Gasteiger partial charge in [-0.15, -0.1) is 0 Å². The molecule has 7 heteroatoms. The normalized spacial score (nSPS) is 19.8. The van der Waals surface area contributed by atoms with Gasteiger partial charge in [0.1, 0.15) is 5.75 Å². The van der Waals surface area contributed by atoms with Crippen LogP contribution in [-0.4, -0.2) is 74.8 Å². The Morgan fingerprint density at radius 1 is 1.06 bits per heavy atom. The molecule has 0 spiro atoms. The number of guanidine groups is 1. The molecule has 1 N–H and O–H groups in total. The smallest absolute Gasteiger partial charge is 0.194 e. The van der Waals surface area contributed by atoms with Gasteiger partial charge >= 0.3 is 0 Å². The van der Waals surface area contributed by atoms with Crippen molar-refractivity contribution in [2.45, 2.75) is 25.9 Å². The summed E-state index contributed by atoms with van der Waals surface area (Å²) < 4.78 is 16.8. The number of aliphatic imine (C=N–C) groups is 1. The molecule has 2 aromatic carbocycles. The first-order valence-electron chi connectivity index (χ1n) is 11.5. The minimum Gasteiger partial charge on any atom is -0.493 e. The van der Waals surface area contributed by atoms with Crippen molar-refractivity contribution in [3.05, 3.63) is 54.1 Å². The summed E-state index contributed by atoms with van der Waals surface area (Å²) in [6.45, 7) is 9.46. The molecule has 1 unspecified atom stereocenters. The zero-order valence-electron chi connectivity index (χ0n) is 19.1. The molecule has 2 aromatic rings. The van der Waals surface area contributed by atoms with Gasteiger partial charge in [-0.2, -0.15) is 0 Å². The van der Waals surface area contributed by atoms with Gasteiger partial charge in [0, 0.05) is 38.8 Å². The second kappa shape index (κ2) is 11.2. The van der Waals surface area contributed by atoms with E-state index in [1.807, 2.05) is 36.4 Å². The molecule has 2 aliphatic rings. The van der Waals surface area contributed by atoms with Crippen LogP contribution in [0.1, 0.15) is 18.9 Å². The molecule has 7 nitrogen and oxygen atoms in total. The first kappa shape index (κ1) is 22.4. The van der Waals surface area contributed by atoms with Crippen molar-refractivity contribution in [3.63, 3.8) is 0 Å². The number of hydrogen-bond acceptors (Lipinski definition) is 5. The third kappa shape index (κ3) is 5.72. The van der Waals surface area contributed by atoms with Gasteiger partial charge < -0.3 is 24.4 Å². The molecule has 2 saturated heterocycles. The van der Waals surface area contributed by atoms with Crippen LogP contribution in [0.5, 0.6) is 17.2 Å². The highest BCUT2D eigenvalue weighted by Crippen LogP contribution is 2.31. The fourth-order valence-electron chi connectivity index (χ4n) is 4.26. The summed E-state index contributed by atoms with van der Waals surface area (Å²) >= 11 is 0. The number of morpholine rings is 1. The third-order valence-corrected chi connectivity index (χ3v) is 5.99. The molecule has 0 amide bonds. The van der Waals surface area contributed by atoms with Crippen molar-refractivity contribution < 1.29 is 14.2 Å². The molecule has 2 heterocycles. The molecule has 2 fully saturated rings.